The van der Waals surface area contributed by atoms with Gasteiger partial charge in [0.25, 0.3) is 0 Å². The predicted octanol–water partition coefficient (Wildman–Crippen LogP) is 5.45. The molecule has 0 bridgehead atoms. The Morgan fingerprint density at radius 3 is 1.79 bits per heavy atom. The van der Waals surface area contributed by atoms with Crippen LogP contribution in [0, 0.1) is 0 Å². The Kier molecular flexibility index (Phi) is 12.1. The molecular formula is C37H38N6OPS2+. The first-order chi connectivity index (χ1) is 23.0. The van der Waals surface area contributed by atoms with Crippen LogP contribution >= 0.6 is 31.7 Å². The number of rotatable bonds is 12. The van der Waals surface area contributed by atoms with E-state index in [2.05, 4.69) is 141 Å². The van der Waals surface area contributed by atoms with Crippen molar-refractivity contribution in [3.05, 3.63) is 139 Å². The van der Waals surface area contributed by atoms with Crippen LogP contribution in [0.1, 0.15) is 12.5 Å². The molecule has 0 spiro atoms. The van der Waals surface area contributed by atoms with Crippen molar-refractivity contribution < 1.29 is 4.74 Å². The number of hydrogen-bond donors (Lipinski definition) is 4. The van der Waals surface area contributed by atoms with Crippen molar-refractivity contribution in [1.29, 1.82) is 0 Å². The summed E-state index contributed by atoms with van der Waals surface area (Å²) < 4.78 is 6.46. The van der Waals surface area contributed by atoms with Gasteiger partial charge in [-0.3, -0.25) is 10.9 Å². The maximum Gasteiger partial charge on any atom is 0.187 e. The standard InChI is InChI=1S/C37H37N6OPS2/c1-28(35(41-42-36(46)38-2)34-24-14-16-29-15-12-13-23-33(29)34)40-43-37(47)39-25-26-44-27-45(30-17-6-3-7-18-30,31-19-8-4-9-20-31)32-21-10-5-11-22-32/h3-24H,25-27H2,1-2H3,(H3-,38,39,40,41,42,43,46,47)/p+1. The molecule has 47 heavy (non-hydrogen) atoms. The van der Waals surface area contributed by atoms with E-state index in [1.54, 1.807) is 7.05 Å². The van der Waals surface area contributed by atoms with E-state index in [9.17, 15) is 0 Å². The molecule has 7 nitrogen and oxygen atoms in total. The molecule has 0 radical (unpaired) electrons. The van der Waals surface area contributed by atoms with Crippen LogP contribution in [0.4, 0.5) is 0 Å². The quantitative estimate of drug-likeness (QED) is 0.0460. The van der Waals surface area contributed by atoms with Crippen LogP contribution in [0.2, 0.25) is 0 Å². The fraction of sp³-hybridized carbons (Fsp3) is 0.135. The summed E-state index contributed by atoms with van der Waals surface area (Å²) in [5, 5.41) is 22.0. The van der Waals surface area contributed by atoms with Gasteiger partial charge in [0.15, 0.2) is 16.6 Å². The molecule has 0 aliphatic heterocycles. The molecule has 0 saturated carbocycles. The summed E-state index contributed by atoms with van der Waals surface area (Å²) >= 11 is 10.8. The van der Waals surface area contributed by atoms with E-state index in [0.717, 1.165) is 16.3 Å². The lowest BCUT2D eigenvalue weighted by atomic mass is 9.99. The van der Waals surface area contributed by atoms with Crippen molar-refractivity contribution in [2.24, 2.45) is 10.2 Å². The Labute approximate surface area is 287 Å². The number of fused-ring (bicyclic) bond motifs is 1. The number of benzene rings is 5. The van der Waals surface area contributed by atoms with Crippen LogP contribution < -0.4 is 37.4 Å². The maximum absolute atomic E-state index is 6.46. The number of nitrogens with one attached hydrogen (secondary N) is 4. The van der Waals surface area contributed by atoms with Gasteiger partial charge in [-0.1, -0.05) is 97.1 Å². The van der Waals surface area contributed by atoms with Gasteiger partial charge in [-0.2, -0.15) is 10.2 Å². The van der Waals surface area contributed by atoms with Crippen molar-refractivity contribution in [3.63, 3.8) is 0 Å². The molecule has 5 rings (SSSR count). The second-order valence-corrected chi connectivity index (χ2v) is 14.8. The first-order valence-electron chi connectivity index (χ1n) is 15.3. The number of ether oxygens (including phenoxy) is 1. The minimum Gasteiger partial charge on any atom is -0.364 e. The van der Waals surface area contributed by atoms with Gasteiger partial charge in [-0.05, 0) is 78.5 Å². The zero-order chi connectivity index (χ0) is 32.9. The van der Waals surface area contributed by atoms with Gasteiger partial charge in [0.2, 0.25) is 0 Å². The molecule has 5 aromatic rings. The molecule has 0 heterocycles. The van der Waals surface area contributed by atoms with Crippen LogP contribution in [0.15, 0.2) is 144 Å². The number of hydrogen-bond acceptors (Lipinski definition) is 5. The molecule has 5 aromatic carbocycles. The highest BCUT2D eigenvalue weighted by Gasteiger charge is 2.45. The third kappa shape index (κ3) is 8.44. The van der Waals surface area contributed by atoms with Gasteiger partial charge in [0, 0.05) is 19.2 Å². The Balaban J connectivity index is 1.26. The van der Waals surface area contributed by atoms with Crippen LogP contribution in [0.5, 0.6) is 0 Å². The van der Waals surface area contributed by atoms with E-state index in [1.807, 2.05) is 31.2 Å². The van der Waals surface area contributed by atoms with Gasteiger partial charge >= 0.3 is 0 Å². The average Bonchev–Trinajstić information content (AvgIpc) is 3.13. The largest absolute Gasteiger partial charge is 0.364 e. The van der Waals surface area contributed by atoms with Gasteiger partial charge in [-0.15, -0.1) is 0 Å². The highest BCUT2D eigenvalue weighted by molar-refractivity contribution is 7.95. The molecule has 0 saturated heterocycles. The minimum absolute atomic E-state index is 0.388. The van der Waals surface area contributed by atoms with Gasteiger partial charge in [0.1, 0.15) is 28.9 Å². The highest BCUT2D eigenvalue weighted by Crippen LogP contribution is 2.55. The molecule has 0 fully saturated rings. The molecule has 4 N–H and O–H groups in total. The molecule has 238 valence electrons. The Bertz CT molecular complexity index is 1750. The first kappa shape index (κ1) is 33.8. The minimum atomic E-state index is -2.07. The van der Waals surface area contributed by atoms with Crippen molar-refractivity contribution in [1.82, 2.24) is 21.5 Å². The molecule has 0 amide bonds. The van der Waals surface area contributed by atoms with Crippen molar-refractivity contribution >= 4 is 80.0 Å². The fourth-order valence-electron chi connectivity index (χ4n) is 5.31. The zero-order valence-corrected chi connectivity index (χ0v) is 28.9. The van der Waals surface area contributed by atoms with E-state index in [0.29, 0.717) is 41.1 Å². The van der Waals surface area contributed by atoms with Crippen LogP contribution in [0.3, 0.4) is 0 Å². The molecular weight excluding hydrogens is 640 g/mol. The summed E-state index contributed by atoms with van der Waals surface area (Å²) in [5.41, 5.74) is 8.07. The third-order valence-electron chi connectivity index (χ3n) is 7.62. The monoisotopic (exact) mass is 677 g/mol. The lowest BCUT2D eigenvalue weighted by Crippen LogP contribution is -2.37. The van der Waals surface area contributed by atoms with E-state index in [-0.39, 0.29) is 0 Å². The van der Waals surface area contributed by atoms with Crippen molar-refractivity contribution in [2.45, 2.75) is 6.92 Å². The van der Waals surface area contributed by atoms with Gasteiger partial charge in [0.05, 0.1) is 12.3 Å². The summed E-state index contributed by atoms with van der Waals surface area (Å²) in [6, 6.07) is 46.3. The molecule has 0 aliphatic rings. The first-order valence-corrected chi connectivity index (χ1v) is 18.1. The van der Waals surface area contributed by atoms with E-state index in [1.165, 1.54) is 15.9 Å². The lowest BCUT2D eigenvalue weighted by molar-refractivity contribution is 0.185. The van der Waals surface area contributed by atoms with E-state index in [4.69, 9.17) is 29.2 Å². The van der Waals surface area contributed by atoms with Crippen LogP contribution in [0.25, 0.3) is 10.8 Å². The summed E-state index contributed by atoms with van der Waals surface area (Å²) in [4.78, 5) is 0. The summed E-state index contributed by atoms with van der Waals surface area (Å²) in [6.07, 6.45) is 0.566. The highest BCUT2D eigenvalue weighted by atomic mass is 32.1. The van der Waals surface area contributed by atoms with Crippen molar-refractivity contribution in [3.8, 4) is 0 Å². The second kappa shape index (κ2) is 16.9. The zero-order valence-electron chi connectivity index (χ0n) is 26.4. The molecule has 10 heteroatoms. The lowest BCUT2D eigenvalue weighted by Gasteiger charge is -2.27. The molecule has 0 unspecified atom stereocenters. The van der Waals surface area contributed by atoms with Crippen molar-refractivity contribution in [2.75, 3.05) is 26.5 Å². The molecule has 0 aliphatic carbocycles. The number of thiocarbonyl (C=S) groups is 2. The summed E-state index contributed by atoms with van der Waals surface area (Å²) in [7, 11) is -0.329. The molecule has 0 aromatic heterocycles. The topological polar surface area (TPSA) is 82.1 Å². The summed E-state index contributed by atoms with van der Waals surface area (Å²) in [6.45, 7) is 2.86. The van der Waals surface area contributed by atoms with Gasteiger partial charge < -0.3 is 15.4 Å². The molecule has 0 atom stereocenters. The average molecular weight is 678 g/mol. The fourth-order valence-corrected chi connectivity index (χ4v) is 9.30. The van der Waals surface area contributed by atoms with Gasteiger partial charge in [-0.25, -0.2) is 0 Å². The van der Waals surface area contributed by atoms with E-state index >= 15 is 0 Å². The van der Waals surface area contributed by atoms with Crippen LogP contribution in [-0.4, -0.2) is 48.2 Å². The predicted molar refractivity (Wildman–Crippen MR) is 208 cm³/mol. The number of nitrogens with zero attached hydrogens (tertiary/aromatic N) is 2. The maximum atomic E-state index is 6.46. The van der Waals surface area contributed by atoms with E-state index < -0.39 is 7.26 Å². The second-order valence-electron chi connectivity index (χ2n) is 10.6. The smallest absolute Gasteiger partial charge is 0.187 e. The Morgan fingerprint density at radius 2 is 1.19 bits per heavy atom. The summed E-state index contributed by atoms with van der Waals surface area (Å²) in [5.74, 6) is 0. The Hall–Kier alpha value is -4.53. The van der Waals surface area contributed by atoms with Crippen LogP contribution in [-0.2, 0) is 4.74 Å². The normalized spacial score (nSPS) is 12.0. The SMILES string of the molecule is CNC(=S)N/N=C(/C(C)=N/NC(=S)NCCOC[P+](c1ccccc1)(c1ccccc1)c1ccccc1)c1cccc2ccccc12. The number of hydrazone groups is 2. The third-order valence-corrected chi connectivity index (χ3v) is 12.3. The Morgan fingerprint density at radius 1 is 0.660 bits per heavy atom.